The van der Waals surface area contributed by atoms with Crippen molar-refractivity contribution in [3.8, 4) is 0 Å². The van der Waals surface area contributed by atoms with Crippen LogP contribution in [0.4, 0.5) is 4.79 Å². The minimum absolute atomic E-state index is 0.0222. The van der Waals surface area contributed by atoms with Crippen molar-refractivity contribution < 1.29 is 38.1 Å². The van der Waals surface area contributed by atoms with Crippen molar-refractivity contribution in [3.05, 3.63) is 47.5 Å². The number of amides is 2. The molecule has 1 aromatic rings. The second-order valence-electron chi connectivity index (χ2n) is 20.1. The highest BCUT2D eigenvalue weighted by Crippen LogP contribution is 2.74. The van der Waals surface area contributed by atoms with E-state index < -0.39 is 62.8 Å². The van der Waals surface area contributed by atoms with Crippen LogP contribution in [0.5, 0.6) is 0 Å². The molecule has 2 amide bonds. The average molecular weight is 777 g/mol. The maximum atomic E-state index is 15.1. The van der Waals surface area contributed by atoms with E-state index in [1.165, 1.54) is 6.92 Å². The van der Waals surface area contributed by atoms with Crippen molar-refractivity contribution >= 4 is 23.8 Å². The van der Waals surface area contributed by atoms with Gasteiger partial charge in [-0.2, -0.15) is 0 Å². The number of fused-ring (bicyclic) bond motifs is 3. The third-order valence-corrected chi connectivity index (χ3v) is 16.7. The van der Waals surface area contributed by atoms with Crippen molar-refractivity contribution in [2.45, 2.75) is 133 Å². The lowest BCUT2D eigenvalue weighted by Gasteiger charge is -2.70. The van der Waals surface area contributed by atoms with Crippen LogP contribution in [-0.4, -0.2) is 61.3 Å². The molecule has 310 valence electrons. The molecule has 3 saturated carbocycles. The molecule has 0 radical (unpaired) electrons. The number of carbonyl (C=O) groups excluding carboxylic acids is 4. The molecule has 4 fully saturated rings. The Morgan fingerprint density at radius 1 is 1.00 bits per heavy atom. The topological polar surface area (TPSA) is 143 Å². The normalized spacial score (nSPS) is 39.3. The first-order valence-corrected chi connectivity index (χ1v) is 21.0. The molecular weight excluding hydrogens is 709 g/mol. The smallest absolute Gasteiger partial charge is 0.407 e. The monoisotopic (exact) mass is 776 g/mol. The molecule has 10 heteroatoms. The van der Waals surface area contributed by atoms with E-state index in [0.717, 1.165) is 36.8 Å². The molecule has 2 bridgehead atoms. The number of ketones is 1. The number of alkyl carbamates (subject to hydrolysis) is 1. The summed E-state index contributed by atoms with van der Waals surface area (Å²) in [6.45, 7) is 23.8. The summed E-state index contributed by atoms with van der Waals surface area (Å²) in [6, 6.07) is 9.54. The van der Waals surface area contributed by atoms with Crippen LogP contribution in [0.25, 0.3) is 0 Å². The van der Waals surface area contributed by atoms with Crippen LogP contribution in [0, 0.1) is 62.6 Å². The Morgan fingerprint density at radius 3 is 2.29 bits per heavy atom. The van der Waals surface area contributed by atoms with Crippen LogP contribution in [0.2, 0.25) is 0 Å². The summed E-state index contributed by atoms with van der Waals surface area (Å²) in [5, 5.41) is 3.08. The quantitative estimate of drug-likeness (QED) is 0.217. The Hall–Kier alpha value is -3.24. The molecule has 1 aromatic carbocycles. The van der Waals surface area contributed by atoms with Crippen LogP contribution >= 0.6 is 0 Å². The van der Waals surface area contributed by atoms with E-state index in [4.69, 9.17) is 24.7 Å². The Kier molecular flexibility index (Phi) is 11.2. The van der Waals surface area contributed by atoms with E-state index in [0.29, 0.717) is 25.6 Å². The first-order chi connectivity index (χ1) is 26.1. The standard InChI is InChI=1S/C46H68N2O8/c1-27(2)29(5)41(7)19-20-43(9)32-17-18-35-42(8)24-53-26-46(35,33(32)21-36(50)45(43,11)37(41)39(47)51)22-34(56-30(6)49)38(42)55-25-44(10,28(3)4)48-40(52)54-23-31-15-13-12-14-16-31/h12-16,21,27-29,32,34-35,37-38H,17-20,22-26H2,1-11H3,(H2,47,51)(H,48,52)/t29-,32+,34-,35+,37-,38+,41-,42-,43-,44-,45+,46+/m1/s1. The lowest BCUT2D eigenvalue weighted by molar-refractivity contribution is -0.268. The number of hydrogen-bond donors (Lipinski definition) is 2. The minimum atomic E-state index is -0.975. The van der Waals surface area contributed by atoms with Crippen LogP contribution < -0.4 is 11.1 Å². The molecule has 1 aliphatic heterocycles. The number of carbonyl (C=O) groups is 4. The van der Waals surface area contributed by atoms with Crippen LogP contribution in [0.1, 0.15) is 114 Å². The Bertz CT molecular complexity index is 1730. The third-order valence-electron chi connectivity index (χ3n) is 16.7. The summed E-state index contributed by atoms with van der Waals surface area (Å²) < 4.78 is 25.4. The zero-order valence-corrected chi connectivity index (χ0v) is 35.8. The molecular formula is C46H68N2O8. The van der Waals surface area contributed by atoms with Crippen LogP contribution in [-0.2, 0) is 39.9 Å². The number of nitrogens with two attached hydrogens (primary N) is 1. The van der Waals surface area contributed by atoms with Gasteiger partial charge in [-0.25, -0.2) is 4.79 Å². The number of primary amides is 1. The maximum absolute atomic E-state index is 15.1. The first-order valence-electron chi connectivity index (χ1n) is 21.0. The molecule has 12 atom stereocenters. The number of esters is 1. The Labute approximate surface area is 334 Å². The number of nitrogens with one attached hydrogen (secondary N) is 1. The second kappa shape index (κ2) is 14.9. The van der Waals surface area contributed by atoms with Gasteiger partial charge < -0.3 is 30.0 Å². The minimum Gasteiger partial charge on any atom is -0.460 e. The van der Waals surface area contributed by atoms with Gasteiger partial charge in [0.25, 0.3) is 0 Å². The molecule has 0 spiro atoms. The highest BCUT2D eigenvalue weighted by atomic mass is 16.6. The predicted molar refractivity (Wildman–Crippen MR) is 214 cm³/mol. The third kappa shape index (κ3) is 6.53. The lowest BCUT2D eigenvalue weighted by atomic mass is 9.34. The van der Waals surface area contributed by atoms with Gasteiger partial charge in [0.2, 0.25) is 5.91 Å². The highest BCUT2D eigenvalue weighted by Gasteiger charge is 2.73. The molecule has 4 aliphatic carbocycles. The zero-order chi connectivity index (χ0) is 41.2. The average Bonchev–Trinajstić information content (AvgIpc) is 3.11. The fraction of sp³-hybridized carbons (Fsp3) is 0.739. The molecule has 3 N–H and O–H groups in total. The van der Waals surface area contributed by atoms with Gasteiger partial charge in [-0.15, -0.1) is 0 Å². The van der Waals surface area contributed by atoms with Gasteiger partial charge in [-0.1, -0.05) is 98.2 Å². The maximum Gasteiger partial charge on any atom is 0.407 e. The van der Waals surface area contributed by atoms with E-state index in [-0.39, 0.29) is 48.6 Å². The van der Waals surface area contributed by atoms with Gasteiger partial charge in [0.15, 0.2) is 5.78 Å². The molecule has 10 nitrogen and oxygen atoms in total. The van der Waals surface area contributed by atoms with E-state index in [1.54, 1.807) is 0 Å². The van der Waals surface area contributed by atoms with Gasteiger partial charge in [0.05, 0.1) is 31.3 Å². The van der Waals surface area contributed by atoms with Crippen molar-refractivity contribution in [1.82, 2.24) is 5.32 Å². The number of hydrogen-bond acceptors (Lipinski definition) is 8. The first kappa shape index (κ1) is 42.4. The fourth-order valence-corrected chi connectivity index (χ4v) is 12.7. The summed E-state index contributed by atoms with van der Waals surface area (Å²) in [5.74, 6) is -0.829. The van der Waals surface area contributed by atoms with Gasteiger partial charge in [0.1, 0.15) is 18.8 Å². The largest absolute Gasteiger partial charge is 0.460 e. The molecule has 6 rings (SSSR count). The second-order valence-corrected chi connectivity index (χ2v) is 20.1. The van der Waals surface area contributed by atoms with Crippen molar-refractivity contribution in [2.75, 3.05) is 19.8 Å². The summed E-state index contributed by atoms with van der Waals surface area (Å²) >= 11 is 0. The van der Waals surface area contributed by atoms with Crippen LogP contribution in [0.3, 0.4) is 0 Å². The Balaban J connectivity index is 1.33. The molecule has 1 saturated heterocycles. The predicted octanol–water partition coefficient (Wildman–Crippen LogP) is 7.81. The van der Waals surface area contributed by atoms with Gasteiger partial charge in [-0.05, 0) is 91.1 Å². The van der Waals surface area contributed by atoms with Gasteiger partial charge >= 0.3 is 12.1 Å². The number of allylic oxidation sites excluding steroid dienone is 1. The van der Waals surface area contributed by atoms with E-state index in [9.17, 15) is 14.4 Å². The van der Waals surface area contributed by atoms with Crippen LogP contribution in [0.15, 0.2) is 42.0 Å². The molecule has 0 aromatic heterocycles. The molecule has 5 aliphatic rings. The van der Waals surface area contributed by atoms with Crippen molar-refractivity contribution in [3.63, 3.8) is 0 Å². The summed E-state index contributed by atoms with van der Waals surface area (Å²) in [6.07, 6.45) is 3.99. The summed E-state index contributed by atoms with van der Waals surface area (Å²) in [5.41, 5.74) is 4.48. The number of rotatable bonds is 11. The highest BCUT2D eigenvalue weighted by molar-refractivity contribution is 6.01. The van der Waals surface area contributed by atoms with Gasteiger partial charge in [-0.3, -0.25) is 14.4 Å². The SMILES string of the molecule is CC(=O)O[C@@H]1C[C@@]23COC[C@](C)([C@@H]2CC[C@H]2C3=CC(=O)[C@@]3(C)[C@H](C(N)=O)[C@@](C)([C@H](C)C(C)C)CC[C@]23C)[C@H]1OC[C@@](C)(NC(=O)OCc1ccccc1)C(C)C. The Morgan fingerprint density at radius 2 is 1.68 bits per heavy atom. The lowest BCUT2D eigenvalue weighted by Crippen LogP contribution is -2.72. The number of ether oxygens (including phenoxy) is 4. The van der Waals surface area contributed by atoms with E-state index in [1.807, 2.05) is 64.1 Å². The van der Waals surface area contributed by atoms with Gasteiger partial charge in [0, 0.05) is 23.2 Å². The summed E-state index contributed by atoms with van der Waals surface area (Å²) in [4.78, 5) is 54.8. The molecule has 1 heterocycles. The number of benzene rings is 1. The molecule has 0 unspecified atom stereocenters. The molecule has 56 heavy (non-hydrogen) atoms. The van der Waals surface area contributed by atoms with E-state index in [2.05, 4.69) is 46.9 Å². The fourth-order valence-electron chi connectivity index (χ4n) is 12.7. The zero-order valence-electron chi connectivity index (χ0n) is 35.8. The van der Waals surface area contributed by atoms with Crippen molar-refractivity contribution in [1.29, 1.82) is 0 Å². The van der Waals surface area contributed by atoms with Crippen molar-refractivity contribution in [2.24, 2.45) is 68.3 Å². The van der Waals surface area contributed by atoms with E-state index >= 15 is 4.79 Å². The summed E-state index contributed by atoms with van der Waals surface area (Å²) in [7, 11) is 0.